The summed E-state index contributed by atoms with van der Waals surface area (Å²) < 4.78 is 5.15. The van der Waals surface area contributed by atoms with Crippen LogP contribution >= 0.6 is 0 Å². The lowest BCUT2D eigenvalue weighted by Gasteiger charge is -2.30. The smallest absolute Gasteiger partial charge is 0.252 e. The average molecular weight is 358 g/mol. The zero-order chi connectivity index (χ0) is 18.5. The first-order valence-corrected chi connectivity index (χ1v) is 9.13. The molecule has 140 valence electrons. The molecule has 1 saturated heterocycles. The minimum atomic E-state index is -0.300. The monoisotopic (exact) mass is 358 g/mol. The van der Waals surface area contributed by atoms with Crippen molar-refractivity contribution >= 4 is 11.7 Å². The van der Waals surface area contributed by atoms with E-state index in [2.05, 4.69) is 20.4 Å². The highest BCUT2D eigenvalue weighted by Crippen LogP contribution is 2.18. The van der Waals surface area contributed by atoms with Gasteiger partial charge in [0, 0.05) is 31.4 Å². The fraction of sp³-hybridized carbons (Fsp3) is 0.526. The second kappa shape index (κ2) is 8.31. The lowest BCUT2D eigenvalue weighted by atomic mass is 10.1. The number of hydrogen-bond donors (Lipinski definition) is 2. The van der Waals surface area contributed by atoms with Gasteiger partial charge < -0.3 is 19.8 Å². The van der Waals surface area contributed by atoms with Crippen molar-refractivity contribution in [3.05, 3.63) is 40.9 Å². The Morgan fingerprint density at radius 2 is 2.27 bits per heavy atom. The van der Waals surface area contributed by atoms with Crippen LogP contribution in [0.15, 0.2) is 22.9 Å². The number of piperidine rings is 1. The van der Waals surface area contributed by atoms with E-state index in [1.165, 1.54) is 0 Å². The van der Waals surface area contributed by atoms with Gasteiger partial charge in [0.05, 0.1) is 17.4 Å². The maximum atomic E-state index is 12.2. The second-order valence-corrected chi connectivity index (χ2v) is 6.81. The highest BCUT2D eigenvalue weighted by atomic mass is 16.5. The number of aliphatic hydroxyl groups excluding tert-OH is 1. The van der Waals surface area contributed by atoms with Crippen molar-refractivity contribution in [3.63, 3.8) is 0 Å². The second-order valence-electron chi connectivity index (χ2n) is 6.81. The van der Waals surface area contributed by atoms with Gasteiger partial charge in [0.15, 0.2) is 0 Å². The van der Waals surface area contributed by atoms with Gasteiger partial charge in [0.25, 0.3) is 5.91 Å². The molecule has 3 heterocycles. The van der Waals surface area contributed by atoms with Crippen LogP contribution in [-0.2, 0) is 6.42 Å². The van der Waals surface area contributed by atoms with Gasteiger partial charge in [-0.25, -0.2) is 4.98 Å². The highest BCUT2D eigenvalue weighted by molar-refractivity contribution is 5.94. The van der Waals surface area contributed by atoms with Gasteiger partial charge >= 0.3 is 0 Å². The van der Waals surface area contributed by atoms with Crippen LogP contribution < -0.4 is 10.2 Å². The molecule has 26 heavy (non-hydrogen) atoms. The molecule has 3 rings (SSSR count). The molecule has 0 aliphatic carbocycles. The molecule has 1 amide bonds. The third-order valence-corrected chi connectivity index (χ3v) is 4.80. The lowest BCUT2D eigenvalue weighted by molar-refractivity contribution is 0.0953. The number of nitrogens with zero attached hydrogens (tertiary/aromatic N) is 3. The van der Waals surface area contributed by atoms with Crippen LogP contribution in [0.4, 0.5) is 5.82 Å². The number of aliphatic hydroxyl groups is 1. The Kier molecular flexibility index (Phi) is 5.88. The van der Waals surface area contributed by atoms with Crippen LogP contribution in [0.3, 0.4) is 0 Å². The van der Waals surface area contributed by atoms with Gasteiger partial charge in [-0.05, 0) is 51.7 Å². The Balaban J connectivity index is 1.47. The molecule has 7 heteroatoms. The van der Waals surface area contributed by atoms with E-state index in [0.29, 0.717) is 18.7 Å². The number of hydrogen-bond acceptors (Lipinski definition) is 6. The molecule has 1 fully saturated rings. The standard InChI is InChI=1S/C19H26N4O3/c1-13-17(14(2)26-22-13)6-3-9-20-19(25)15-7-8-18(21-11-15)23-10-4-5-16(24)12-23/h7-8,11,16,24H,3-6,9-10,12H2,1-2H3,(H,20,25). The van der Waals surface area contributed by atoms with Crippen LogP contribution in [0.2, 0.25) is 0 Å². The third kappa shape index (κ3) is 4.40. The molecule has 0 aromatic carbocycles. The zero-order valence-electron chi connectivity index (χ0n) is 15.4. The van der Waals surface area contributed by atoms with E-state index in [0.717, 1.165) is 55.1 Å². The van der Waals surface area contributed by atoms with Crippen LogP contribution in [-0.4, -0.2) is 46.9 Å². The van der Waals surface area contributed by atoms with Crippen molar-refractivity contribution in [2.24, 2.45) is 0 Å². The predicted molar refractivity (Wildman–Crippen MR) is 98.3 cm³/mol. The Bertz CT molecular complexity index is 722. The van der Waals surface area contributed by atoms with Gasteiger partial charge in [0.2, 0.25) is 0 Å². The number of anilines is 1. The van der Waals surface area contributed by atoms with Crippen molar-refractivity contribution in [3.8, 4) is 0 Å². The summed E-state index contributed by atoms with van der Waals surface area (Å²) in [6.07, 6.45) is 4.74. The predicted octanol–water partition coefficient (Wildman–Crippen LogP) is 2.01. The number of β-amino-alcohol motifs (C(OH)–C–C–N with tert-alkyl or cyclic N) is 1. The maximum Gasteiger partial charge on any atom is 0.252 e. The Morgan fingerprint density at radius 1 is 1.42 bits per heavy atom. The molecule has 2 aromatic heterocycles. The summed E-state index contributed by atoms with van der Waals surface area (Å²) in [6, 6.07) is 3.63. The first-order chi connectivity index (χ1) is 12.5. The Hall–Kier alpha value is -2.41. The molecule has 0 saturated carbocycles. The number of amides is 1. The average Bonchev–Trinajstić information content (AvgIpc) is 2.97. The van der Waals surface area contributed by atoms with Gasteiger partial charge in [-0.15, -0.1) is 0 Å². The van der Waals surface area contributed by atoms with Crippen molar-refractivity contribution in [2.45, 2.75) is 45.6 Å². The van der Waals surface area contributed by atoms with Crippen molar-refractivity contribution in [2.75, 3.05) is 24.5 Å². The number of rotatable bonds is 6. The molecule has 1 atom stereocenters. The molecule has 0 bridgehead atoms. The van der Waals surface area contributed by atoms with E-state index in [4.69, 9.17) is 4.52 Å². The largest absolute Gasteiger partial charge is 0.391 e. The molecule has 2 N–H and O–H groups in total. The topological polar surface area (TPSA) is 91.5 Å². The summed E-state index contributed by atoms with van der Waals surface area (Å²) in [5, 5.41) is 16.6. The van der Waals surface area contributed by atoms with Crippen LogP contribution in [0.5, 0.6) is 0 Å². The normalized spacial score (nSPS) is 17.3. The van der Waals surface area contributed by atoms with E-state index >= 15 is 0 Å². The van der Waals surface area contributed by atoms with Crippen LogP contribution in [0.25, 0.3) is 0 Å². The molecular formula is C19H26N4O3. The summed E-state index contributed by atoms with van der Waals surface area (Å²) in [6.45, 7) is 5.90. The maximum absolute atomic E-state index is 12.2. The van der Waals surface area contributed by atoms with Gasteiger partial charge in [0.1, 0.15) is 11.6 Å². The highest BCUT2D eigenvalue weighted by Gasteiger charge is 2.19. The van der Waals surface area contributed by atoms with E-state index in [-0.39, 0.29) is 12.0 Å². The molecule has 7 nitrogen and oxygen atoms in total. The number of aryl methyl sites for hydroxylation is 2. The molecule has 1 aliphatic heterocycles. The fourth-order valence-electron chi connectivity index (χ4n) is 3.30. The number of pyridine rings is 1. The van der Waals surface area contributed by atoms with E-state index in [1.807, 2.05) is 19.9 Å². The van der Waals surface area contributed by atoms with Crippen LogP contribution in [0.1, 0.15) is 46.6 Å². The molecule has 0 spiro atoms. The molecule has 1 aliphatic rings. The zero-order valence-corrected chi connectivity index (χ0v) is 15.4. The lowest BCUT2D eigenvalue weighted by Crippen LogP contribution is -2.38. The molecule has 1 unspecified atom stereocenters. The van der Waals surface area contributed by atoms with Crippen molar-refractivity contribution < 1.29 is 14.4 Å². The molecular weight excluding hydrogens is 332 g/mol. The SMILES string of the molecule is Cc1noc(C)c1CCCNC(=O)c1ccc(N2CCCC(O)C2)nc1. The fourth-order valence-corrected chi connectivity index (χ4v) is 3.30. The van der Waals surface area contributed by atoms with Gasteiger partial charge in [-0.3, -0.25) is 4.79 Å². The molecule has 2 aromatic rings. The third-order valence-electron chi connectivity index (χ3n) is 4.80. The molecule has 0 radical (unpaired) electrons. The van der Waals surface area contributed by atoms with Crippen LogP contribution in [0, 0.1) is 13.8 Å². The number of aromatic nitrogens is 2. The van der Waals surface area contributed by atoms with Gasteiger partial charge in [-0.2, -0.15) is 0 Å². The van der Waals surface area contributed by atoms with E-state index in [1.54, 1.807) is 12.3 Å². The first-order valence-electron chi connectivity index (χ1n) is 9.13. The van der Waals surface area contributed by atoms with Crippen molar-refractivity contribution in [1.29, 1.82) is 0 Å². The summed E-state index contributed by atoms with van der Waals surface area (Å²) in [5.41, 5.74) is 2.58. The first kappa shape index (κ1) is 18.4. The summed E-state index contributed by atoms with van der Waals surface area (Å²) in [4.78, 5) is 18.7. The number of carbonyl (C=O) groups excluding carboxylic acids is 1. The minimum Gasteiger partial charge on any atom is -0.391 e. The number of carbonyl (C=O) groups is 1. The Labute approximate surface area is 153 Å². The van der Waals surface area contributed by atoms with Gasteiger partial charge in [-0.1, -0.05) is 5.16 Å². The minimum absolute atomic E-state index is 0.124. The summed E-state index contributed by atoms with van der Waals surface area (Å²) in [7, 11) is 0. The Morgan fingerprint density at radius 3 is 2.92 bits per heavy atom. The van der Waals surface area contributed by atoms with Crippen molar-refractivity contribution in [1.82, 2.24) is 15.5 Å². The quantitative estimate of drug-likeness (QED) is 0.768. The number of nitrogens with one attached hydrogen (secondary N) is 1. The summed E-state index contributed by atoms with van der Waals surface area (Å²) in [5.74, 6) is 1.52. The summed E-state index contributed by atoms with van der Waals surface area (Å²) >= 11 is 0. The van der Waals surface area contributed by atoms with E-state index < -0.39 is 0 Å². The van der Waals surface area contributed by atoms with E-state index in [9.17, 15) is 9.90 Å².